The number of methoxy groups -OCH3 is 1. The standard InChI is InChI=1S/C15H22BrNO4/c1-3-4-5-6-7-21-14-11(16)8-10(9-12(14)20-2)13(17)15(18)19/h8-9,13H,3-7,17H2,1-2H3,(H,18,19)/t13-/m1/s1. The molecule has 0 radical (unpaired) electrons. The minimum atomic E-state index is -1.22. The number of rotatable bonds is 9. The van der Waals surface area contributed by atoms with E-state index in [0.717, 1.165) is 12.8 Å². The van der Waals surface area contributed by atoms with E-state index in [-0.39, 0.29) is 0 Å². The molecule has 0 spiro atoms. The molecule has 6 heteroatoms. The van der Waals surface area contributed by atoms with Gasteiger partial charge in [-0.15, -0.1) is 0 Å². The van der Waals surface area contributed by atoms with Crippen molar-refractivity contribution in [1.82, 2.24) is 0 Å². The van der Waals surface area contributed by atoms with Crippen molar-refractivity contribution in [1.29, 1.82) is 0 Å². The van der Waals surface area contributed by atoms with Gasteiger partial charge in [-0.3, -0.25) is 0 Å². The van der Waals surface area contributed by atoms with E-state index < -0.39 is 12.0 Å². The molecule has 0 aliphatic heterocycles. The van der Waals surface area contributed by atoms with Crippen LogP contribution in [0.15, 0.2) is 16.6 Å². The van der Waals surface area contributed by atoms with Crippen molar-refractivity contribution in [2.75, 3.05) is 13.7 Å². The molecule has 1 atom stereocenters. The number of quaternary nitrogens is 1. The zero-order valence-electron chi connectivity index (χ0n) is 12.5. The van der Waals surface area contributed by atoms with Crippen LogP contribution in [0.5, 0.6) is 11.5 Å². The van der Waals surface area contributed by atoms with E-state index in [1.54, 1.807) is 12.1 Å². The van der Waals surface area contributed by atoms with Crippen molar-refractivity contribution in [2.24, 2.45) is 0 Å². The first-order valence-corrected chi connectivity index (χ1v) is 7.84. The van der Waals surface area contributed by atoms with Gasteiger partial charge in [-0.25, -0.2) is 0 Å². The molecule has 0 bridgehead atoms. The first-order chi connectivity index (χ1) is 10.0. The minimum Gasteiger partial charge on any atom is -0.544 e. The van der Waals surface area contributed by atoms with Crippen LogP contribution in [0.2, 0.25) is 0 Å². The summed E-state index contributed by atoms with van der Waals surface area (Å²) in [6, 6.07) is 2.35. The molecule has 3 N–H and O–H groups in total. The van der Waals surface area contributed by atoms with Crippen molar-refractivity contribution in [3.8, 4) is 11.5 Å². The molecule has 0 amide bonds. The molecule has 0 saturated carbocycles. The lowest BCUT2D eigenvalue weighted by molar-refractivity contribution is -0.443. The zero-order valence-corrected chi connectivity index (χ0v) is 14.1. The second-order valence-corrected chi connectivity index (χ2v) is 5.67. The third-order valence-corrected chi connectivity index (χ3v) is 3.77. The van der Waals surface area contributed by atoms with Crippen molar-refractivity contribution >= 4 is 21.9 Å². The molecular formula is C15H22BrNO4. The average molecular weight is 360 g/mol. The second kappa shape index (κ2) is 8.89. The van der Waals surface area contributed by atoms with Crippen molar-refractivity contribution < 1.29 is 25.1 Å². The highest BCUT2D eigenvalue weighted by atomic mass is 79.9. The molecule has 0 aliphatic carbocycles. The van der Waals surface area contributed by atoms with E-state index in [0.29, 0.717) is 28.1 Å². The van der Waals surface area contributed by atoms with Gasteiger partial charge in [0.15, 0.2) is 17.5 Å². The van der Waals surface area contributed by atoms with Crippen LogP contribution in [0.3, 0.4) is 0 Å². The van der Waals surface area contributed by atoms with E-state index in [1.165, 1.54) is 20.0 Å². The van der Waals surface area contributed by atoms with Crippen LogP contribution in [0.4, 0.5) is 0 Å². The number of halogens is 1. The summed E-state index contributed by atoms with van der Waals surface area (Å²) in [5.74, 6) is -0.148. The Morgan fingerprint density at radius 3 is 2.67 bits per heavy atom. The van der Waals surface area contributed by atoms with Crippen molar-refractivity contribution in [3.05, 3.63) is 22.2 Å². The summed E-state index contributed by atoms with van der Waals surface area (Å²) in [5.41, 5.74) is 4.08. The van der Waals surface area contributed by atoms with E-state index in [9.17, 15) is 9.90 Å². The van der Waals surface area contributed by atoms with Gasteiger partial charge in [0.25, 0.3) is 0 Å². The van der Waals surface area contributed by atoms with Crippen molar-refractivity contribution in [3.63, 3.8) is 0 Å². The Kier molecular flexibility index (Phi) is 7.53. The predicted octanol–water partition coefficient (Wildman–Crippen LogP) is 1.45. The maximum Gasteiger partial charge on any atom is 0.175 e. The molecule has 1 rings (SSSR count). The van der Waals surface area contributed by atoms with E-state index in [2.05, 4.69) is 28.6 Å². The average Bonchev–Trinajstić information content (AvgIpc) is 2.46. The van der Waals surface area contributed by atoms with Crippen LogP contribution in [0.25, 0.3) is 0 Å². The third kappa shape index (κ3) is 5.21. The summed E-state index contributed by atoms with van der Waals surface area (Å²) in [6.07, 6.45) is 4.47. The lowest BCUT2D eigenvalue weighted by Crippen LogP contribution is -2.61. The Morgan fingerprint density at radius 1 is 1.38 bits per heavy atom. The van der Waals surface area contributed by atoms with Gasteiger partial charge in [-0.05, 0) is 34.5 Å². The topological polar surface area (TPSA) is 86.2 Å². The van der Waals surface area contributed by atoms with Crippen molar-refractivity contribution in [2.45, 2.75) is 38.6 Å². The van der Waals surface area contributed by atoms with Gasteiger partial charge in [0.2, 0.25) is 0 Å². The van der Waals surface area contributed by atoms with Gasteiger partial charge in [-0.2, -0.15) is 0 Å². The normalized spacial score (nSPS) is 12.0. The number of carboxylic acids is 1. The number of hydrogen-bond donors (Lipinski definition) is 1. The second-order valence-electron chi connectivity index (χ2n) is 4.81. The molecule has 0 fully saturated rings. The lowest BCUT2D eigenvalue weighted by Gasteiger charge is -2.16. The highest BCUT2D eigenvalue weighted by Gasteiger charge is 2.18. The molecule has 0 unspecified atom stereocenters. The molecule has 0 aromatic heterocycles. The van der Waals surface area contributed by atoms with Gasteiger partial charge in [0.05, 0.1) is 18.2 Å². The molecule has 118 valence electrons. The number of unbranched alkanes of at least 4 members (excludes halogenated alkanes) is 3. The monoisotopic (exact) mass is 359 g/mol. The van der Waals surface area contributed by atoms with Gasteiger partial charge in [-0.1, -0.05) is 26.2 Å². The Hall–Kier alpha value is -1.27. The number of benzene rings is 1. The fraction of sp³-hybridized carbons (Fsp3) is 0.533. The zero-order chi connectivity index (χ0) is 15.8. The molecule has 1 aromatic rings. The summed E-state index contributed by atoms with van der Waals surface area (Å²) in [4.78, 5) is 10.9. The van der Waals surface area contributed by atoms with Crippen LogP contribution in [-0.4, -0.2) is 19.7 Å². The molecule has 1 aromatic carbocycles. The molecule has 5 nitrogen and oxygen atoms in total. The SMILES string of the molecule is CCCCCCOc1c(Br)cc([C@@H]([NH3+])C(=O)[O-])cc1OC. The van der Waals surface area contributed by atoms with E-state index >= 15 is 0 Å². The number of carbonyl (C=O) groups excluding carboxylic acids is 1. The van der Waals surface area contributed by atoms with Gasteiger partial charge in [0.1, 0.15) is 5.97 Å². The minimum absolute atomic E-state index is 0.491. The van der Waals surface area contributed by atoms with Crippen LogP contribution >= 0.6 is 15.9 Å². The van der Waals surface area contributed by atoms with Crippen LogP contribution in [-0.2, 0) is 4.79 Å². The first-order valence-electron chi connectivity index (χ1n) is 7.05. The summed E-state index contributed by atoms with van der Waals surface area (Å²) >= 11 is 3.39. The fourth-order valence-electron chi connectivity index (χ4n) is 1.92. The highest BCUT2D eigenvalue weighted by molar-refractivity contribution is 9.10. The Labute approximate surface area is 133 Å². The number of hydrogen-bond acceptors (Lipinski definition) is 4. The largest absolute Gasteiger partial charge is 0.544 e. The van der Waals surface area contributed by atoms with Crippen LogP contribution in [0, 0.1) is 0 Å². The number of aliphatic carboxylic acids is 1. The summed E-state index contributed by atoms with van der Waals surface area (Å²) in [5, 5.41) is 10.9. The van der Waals surface area contributed by atoms with Gasteiger partial charge >= 0.3 is 0 Å². The smallest absolute Gasteiger partial charge is 0.175 e. The lowest BCUT2D eigenvalue weighted by atomic mass is 10.1. The number of carboxylic acid groups (broad SMARTS) is 1. The third-order valence-electron chi connectivity index (χ3n) is 3.18. The van der Waals surface area contributed by atoms with E-state index in [4.69, 9.17) is 9.47 Å². The number of carbonyl (C=O) groups is 1. The Bertz CT molecular complexity index is 479. The van der Waals surface area contributed by atoms with Gasteiger partial charge in [0, 0.05) is 5.56 Å². The molecule has 0 heterocycles. The highest BCUT2D eigenvalue weighted by Crippen LogP contribution is 2.37. The maximum atomic E-state index is 10.9. The summed E-state index contributed by atoms with van der Waals surface area (Å²) in [6.45, 7) is 2.76. The summed E-state index contributed by atoms with van der Waals surface area (Å²) < 4.78 is 11.7. The first kappa shape index (κ1) is 17.8. The Morgan fingerprint density at radius 2 is 2.10 bits per heavy atom. The molecule has 21 heavy (non-hydrogen) atoms. The molecular weight excluding hydrogens is 338 g/mol. The van der Waals surface area contributed by atoms with E-state index in [1.807, 2.05) is 0 Å². The number of ether oxygens (including phenoxy) is 2. The fourth-order valence-corrected chi connectivity index (χ4v) is 2.49. The summed E-state index contributed by atoms with van der Waals surface area (Å²) in [7, 11) is 1.52. The van der Waals surface area contributed by atoms with Gasteiger partial charge < -0.3 is 25.1 Å². The molecule has 0 saturated heterocycles. The predicted molar refractivity (Wildman–Crippen MR) is 81.0 cm³/mol. The maximum absolute atomic E-state index is 10.9. The molecule has 0 aliphatic rings. The van der Waals surface area contributed by atoms with Crippen LogP contribution < -0.4 is 20.3 Å². The van der Waals surface area contributed by atoms with Crippen LogP contribution in [0.1, 0.15) is 44.2 Å². The quantitative estimate of drug-likeness (QED) is 0.676. The Balaban J connectivity index is 2.82.